The predicted molar refractivity (Wildman–Crippen MR) is 136 cm³/mol. The van der Waals surface area contributed by atoms with Crippen molar-refractivity contribution in [2.45, 2.75) is 18.0 Å². The van der Waals surface area contributed by atoms with Gasteiger partial charge in [0, 0.05) is 11.4 Å². The molecule has 198 valence electrons. The average molecular weight is 576 g/mol. The maximum atomic E-state index is 13.1. The predicted octanol–water partition coefficient (Wildman–Crippen LogP) is 4.87. The van der Waals surface area contributed by atoms with Gasteiger partial charge < -0.3 is 5.32 Å². The minimum atomic E-state index is -4.77. The molecule has 0 bridgehead atoms. The number of nitrogens with zero attached hydrogens (tertiary/aromatic N) is 1. The maximum Gasteiger partial charge on any atom is 0.417 e. The lowest BCUT2D eigenvalue weighted by Gasteiger charge is -2.22. The highest BCUT2D eigenvalue weighted by Gasteiger charge is 2.33. The Morgan fingerprint density at radius 2 is 1.49 bits per heavy atom. The number of hydrogen-bond donors (Lipinski definition) is 2. The molecule has 3 rings (SSSR count). The van der Waals surface area contributed by atoms with Crippen molar-refractivity contribution in [3.63, 3.8) is 0 Å². The molecule has 0 saturated carbocycles. The first-order valence-electron chi connectivity index (χ1n) is 10.4. The minimum absolute atomic E-state index is 0.173. The van der Waals surface area contributed by atoms with Gasteiger partial charge in [-0.3, -0.25) is 13.8 Å². The number of carbonyl (C=O) groups is 1. The summed E-state index contributed by atoms with van der Waals surface area (Å²) in [7, 11) is -8.06. The topological polar surface area (TPSA) is 113 Å². The van der Waals surface area contributed by atoms with Gasteiger partial charge in [0.05, 0.1) is 27.4 Å². The van der Waals surface area contributed by atoms with E-state index in [0.29, 0.717) is 11.8 Å². The van der Waals surface area contributed by atoms with E-state index in [2.05, 4.69) is 10.0 Å². The van der Waals surface area contributed by atoms with Crippen molar-refractivity contribution < 1.29 is 34.8 Å². The summed E-state index contributed by atoms with van der Waals surface area (Å²) in [6.45, 7) is 1.30. The summed E-state index contributed by atoms with van der Waals surface area (Å²) < 4.78 is 91.8. The van der Waals surface area contributed by atoms with E-state index in [-0.39, 0.29) is 16.3 Å². The molecule has 14 heteroatoms. The van der Waals surface area contributed by atoms with Gasteiger partial charge >= 0.3 is 6.18 Å². The van der Waals surface area contributed by atoms with Crippen LogP contribution in [0, 0.1) is 6.92 Å². The Bertz CT molecular complexity index is 1510. The SMILES string of the molecule is Cc1ccc(N(CC(=O)Nc2ccc(S(=O)(=O)Nc3ccc(Cl)c(C(F)(F)F)c3)cc2)S(C)(=O)=O)cc1. The van der Waals surface area contributed by atoms with Gasteiger partial charge in [-0.25, -0.2) is 16.8 Å². The van der Waals surface area contributed by atoms with E-state index in [4.69, 9.17) is 11.6 Å². The number of alkyl halides is 3. The van der Waals surface area contributed by atoms with Gasteiger partial charge in [-0.15, -0.1) is 0 Å². The molecule has 0 spiro atoms. The van der Waals surface area contributed by atoms with Gasteiger partial charge in [0.25, 0.3) is 10.0 Å². The molecule has 3 aromatic rings. The standard InChI is InChI=1S/C23H21ClF3N3O5S2/c1-15-3-8-18(9-4-15)30(36(2,32)33)14-22(31)28-16-5-10-19(11-6-16)37(34,35)29-17-7-12-21(24)20(13-17)23(25,26)27/h3-13,29H,14H2,1-2H3,(H,28,31). The van der Waals surface area contributed by atoms with Gasteiger partial charge in [-0.1, -0.05) is 29.3 Å². The number of anilines is 3. The Labute approximate surface area is 217 Å². The molecule has 0 aromatic heterocycles. The van der Waals surface area contributed by atoms with Crippen molar-refractivity contribution in [1.29, 1.82) is 0 Å². The molecule has 37 heavy (non-hydrogen) atoms. The fraction of sp³-hybridized carbons (Fsp3) is 0.174. The quantitative estimate of drug-likeness (QED) is 0.398. The number of benzene rings is 3. The van der Waals surface area contributed by atoms with Gasteiger partial charge in [-0.05, 0) is 61.5 Å². The normalized spacial score (nSPS) is 12.2. The zero-order valence-corrected chi connectivity index (χ0v) is 21.8. The number of sulfonamides is 2. The van der Waals surface area contributed by atoms with E-state index >= 15 is 0 Å². The third-order valence-corrected chi connectivity index (χ3v) is 7.85. The Morgan fingerprint density at radius 1 is 0.919 bits per heavy atom. The smallest absolute Gasteiger partial charge is 0.325 e. The summed E-state index contributed by atoms with van der Waals surface area (Å²) in [6, 6.07) is 13.9. The van der Waals surface area contributed by atoms with E-state index in [1.807, 2.05) is 6.92 Å². The largest absolute Gasteiger partial charge is 0.417 e. The molecule has 0 unspecified atom stereocenters. The Kier molecular flexibility index (Phi) is 8.10. The molecule has 0 radical (unpaired) electrons. The monoisotopic (exact) mass is 575 g/mol. The van der Waals surface area contributed by atoms with E-state index < -0.39 is 49.3 Å². The van der Waals surface area contributed by atoms with Gasteiger partial charge in [0.2, 0.25) is 15.9 Å². The molecule has 0 heterocycles. The van der Waals surface area contributed by atoms with Gasteiger partial charge in [0.1, 0.15) is 6.54 Å². The lowest BCUT2D eigenvalue weighted by Crippen LogP contribution is -2.37. The van der Waals surface area contributed by atoms with Crippen molar-refractivity contribution in [1.82, 2.24) is 0 Å². The highest BCUT2D eigenvalue weighted by atomic mass is 35.5. The number of hydrogen-bond acceptors (Lipinski definition) is 5. The Balaban J connectivity index is 1.73. The third kappa shape index (κ3) is 7.37. The first kappa shape index (κ1) is 28.3. The van der Waals surface area contributed by atoms with Crippen LogP contribution in [0.15, 0.2) is 71.6 Å². The molecule has 8 nitrogen and oxygen atoms in total. The number of nitrogens with one attached hydrogen (secondary N) is 2. The Morgan fingerprint density at radius 3 is 2.03 bits per heavy atom. The first-order chi connectivity index (χ1) is 17.1. The van der Waals surface area contributed by atoms with Crippen molar-refractivity contribution in [2.24, 2.45) is 0 Å². The van der Waals surface area contributed by atoms with Crippen molar-refractivity contribution in [2.75, 3.05) is 27.1 Å². The van der Waals surface area contributed by atoms with E-state index in [1.54, 1.807) is 24.3 Å². The average Bonchev–Trinajstić information content (AvgIpc) is 2.78. The number of rotatable bonds is 8. The second-order valence-corrected chi connectivity index (χ2v) is 12.0. The number of halogens is 4. The number of aryl methyl sites for hydroxylation is 1. The van der Waals surface area contributed by atoms with E-state index in [1.165, 1.54) is 12.1 Å². The van der Waals surface area contributed by atoms with Crippen LogP contribution in [0.3, 0.4) is 0 Å². The summed E-state index contributed by atoms with van der Waals surface area (Å²) in [5.74, 6) is -0.680. The second-order valence-electron chi connectivity index (χ2n) is 7.98. The van der Waals surface area contributed by atoms with Crippen LogP contribution < -0.4 is 14.3 Å². The van der Waals surface area contributed by atoms with E-state index in [0.717, 1.165) is 40.4 Å². The summed E-state index contributed by atoms with van der Waals surface area (Å²) in [6.07, 6.45) is -3.81. The fourth-order valence-corrected chi connectivity index (χ4v) is 5.31. The van der Waals surface area contributed by atoms with Crippen LogP contribution in [0.2, 0.25) is 5.02 Å². The second kappa shape index (κ2) is 10.6. The number of amides is 1. The molecule has 0 aliphatic carbocycles. The molecule has 3 aromatic carbocycles. The molecular weight excluding hydrogens is 555 g/mol. The lowest BCUT2D eigenvalue weighted by molar-refractivity contribution is -0.137. The molecule has 0 aliphatic rings. The van der Waals surface area contributed by atoms with Gasteiger partial charge in [0.15, 0.2) is 0 Å². The van der Waals surface area contributed by atoms with Crippen molar-refractivity contribution in [3.8, 4) is 0 Å². The molecule has 2 N–H and O–H groups in total. The van der Waals surface area contributed by atoms with Crippen LogP contribution in [-0.2, 0) is 31.0 Å². The highest BCUT2D eigenvalue weighted by molar-refractivity contribution is 7.92. The van der Waals surface area contributed by atoms with Crippen LogP contribution in [0.4, 0.5) is 30.2 Å². The van der Waals surface area contributed by atoms with Crippen LogP contribution in [0.25, 0.3) is 0 Å². The molecular formula is C23H21ClF3N3O5S2. The maximum absolute atomic E-state index is 13.1. The summed E-state index contributed by atoms with van der Waals surface area (Å²) in [5, 5.41) is 1.91. The molecule has 0 aliphatic heterocycles. The lowest BCUT2D eigenvalue weighted by atomic mass is 10.2. The molecule has 1 amide bonds. The molecule has 0 atom stereocenters. The Hall–Kier alpha value is -3.29. The summed E-state index contributed by atoms with van der Waals surface area (Å²) in [5.41, 5.74) is -0.158. The van der Waals surface area contributed by atoms with Crippen LogP contribution in [0.5, 0.6) is 0 Å². The third-order valence-electron chi connectivity index (χ3n) is 4.98. The van der Waals surface area contributed by atoms with Crippen molar-refractivity contribution >= 4 is 54.6 Å². The van der Waals surface area contributed by atoms with E-state index in [9.17, 15) is 34.8 Å². The molecule has 0 fully saturated rings. The fourth-order valence-electron chi connectivity index (χ4n) is 3.18. The van der Waals surface area contributed by atoms with Gasteiger partial charge in [-0.2, -0.15) is 13.2 Å². The zero-order valence-electron chi connectivity index (χ0n) is 19.4. The zero-order chi connectivity index (χ0) is 27.6. The highest BCUT2D eigenvalue weighted by Crippen LogP contribution is 2.36. The molecule has 0 saturated heterocycles. The number of carbonyl (C=O) groups excluding carboxylic acids is 1. The van der Waals surface area contributed by atoms with Crippen LogP contribution in [0.1, 0.15) is 11.1 Å². The van der Waals surface area contributed by atoms with Crippen molar-refractivity contribution in [3.05, 3.63) is 82.9 Å². The van der Waals surface area contributed by atoms with Crippen LogP contribution >= 0.6 is 11.6 Å². The summed E-state index contributed by atoms with van der Waals surface area (Å²) in [4.78, 5) is 12.2. The van der Waals surface area contributed by atoms with Crippen LogP contribution in [-0.4, -0.2) is 35.5 Å². The summed E-state index contributed by atoms with van der Waals surface area (Å²) >= 11 is 5.56. The minimum Gasteiger partial charge on any atom is -0.325 e. The first-order valence-corrected chi connectivity index (χ1v) is 14.1.